The van der Waals surface area contributed by atoms with Crippen molar-refractivity contribution in [3.8, 4) is 0 Å². The molecule has 1 aromatic rings. The smallest absolute Gasteiger partial charge is 0.130 e. The van der Waals surface area contributed by atoms with Gasteiger partial charge < -0.3 is 5.32 Å². The fourth-order valence-electron chi connectivity index (χ4n) is 3.12. The number of anilines is 1. The van der Waals surface area contributed by atoms with E-state index in [0.29, 0.717) is 6.04 Å². The number of rotatable bonds is 7. The molecule has 2 heterocycles. The Balaban J connectivity index is 2.12. The second-order valence-electron chi connectivity index (χ2n) is 5.77. The molecule has 1 aromatic heterocycles. The van der Waals surface area contributed by atoms with Crippen molar-refractivity contribution >= 4 is 5.82 Å². The summed E-state index contributed by atoms with van der Waals surface area (Å²) in [5, 5.41) is 3.54. The van der Waals surface area contributed by atoms with Crippen LogP contribution >= 0.6 is 0 Å². The van der Waals surface area contributed by atoms with Crippen LogP contribution in [0.2, 0.25) is 0 Å². The molecule has 0 bridgehead atoms. The molecule has 3 nitrogen and oxygen atoms in total. The molecule has 0 spiro atoms. The van der Waals surface area contributed by atoms with Crippen LogP contribution in [-0.2, 0) is 0 Å². The lowest BCUT2D eigenvalue weighted by molar-refractivity contribution is 0.149. The van der Waals surface area contributed by atoms with E-state index in [2.05, 4.69) is 41.2 Å². The van der Waals surface area contributed by atoms with Gasteiger partial charge in [-0.1, -0.05) is 32.8 Å². The van der Waals surface area contributed by atoms with Gasteiger partial charge in [0, 0.05) is 24.3 Å². The van der Waals surface area contributed by atoms with Crippen LogP contribution in [0.25, 0.3) is 0 Å². The first-order chi connectivity index (χ1) is 9.86. The minimum atomic E-state index is 0.557. The van der Waals surface area contributed by atoms with Crippen LogP contribution in [0.3, 0.4) is 0 Å². The maximum absolute atomic E-state index is 4.58. The molecule has 112 valence electrons. The zero-order valence-corrected chi connectivity index (χ0v) is 13.1. The minimum Gasteiger partial charge on any atom is -0.370 e. The highest BCUT2D eigenvalue weighted by Gasteiger charge is 2.25. The Morgan fingerprint density at radius 1 is 1.30 bits per heavy atom. The molecule has 1 atom stereocenters. The Morgan fingerprint density at radius 3 is 3.00 bits per heavy atom. The summed E-state index contributed by atoms with van der Waals surface area (Å²) < 4.78 is 0. The predicted octanol–water partition coefficient (Wildman–Crippen LogP) is 4.23. The summed E-state index contributed by atoms with van der Waals surface area (Å²) >= 11 is 0. The third kappa shape index (κ3) is 3.95. The van der Waals surface area contributed by atoms with Gasteiger partial charge in [-0.2, -0.15) is 0 Å². The summed E-state index contributed by atoms with van der Waals surface area (Å²) in [5.74, 6) is 1.11. The topological polar surface area (TPSA) is 28.2 Å². The molecule has 0 amide bonds. The minimum absolute atomic E-state index is 0.557. The number of aromatic nitrogens is 1. The largest absolute Gasteiger partial charge is 0.370 e. The van der Waals surface area contributed by atoms with Crippen LogP contribution in [0, 0.1) is 0 Å². The van der Waals surface area contributed by atoms with E-state index in [1.54, 1.807) is 0 Å². The van der Waals surface area contributed by atoms with Gasteiger partial charge in [0.15, 0.2) is 0 Å². The molecule has 2 rings (SSSR count). The lowest BCUT2D eigenvalue weighted by Crippen LogP contribution is -2.34. The van der Waals surface area contributed by atoms with E-state index in [0.717, 1.165) is 12.4 Å². The third-order valence-corrected chi connectivity index (χ3v) is 4.15. The van der Waals surface area contributed by atoms with Crippen molar-refractivity contribution in [2.75, 3.05) is 25.0 Å². The summed E-state index contributed by atoms with van der Waals surface area (Å²) in [6.07, 6.45) is 9.53. The lowest BCUT2D eigenvalue weighted by atomic mass is 9.95. The molecule has 1 aliphatic rings. The van der Waals surface area contributed by atoms with Crippen LogP contribution in [0.1, 0.15) is 64.0 Å². The zero-order valence-electron chi connectivity index (χ0n) is 13.1. The Bertz CT molecular complexity index is 390. The Hall–Kier alpha value is -1.09. The van der Waals surface area contributed by atoms with Gasteiger partial charge in [0.05, 0.1) is 0 Å². The second-order valence-corrected chi connectivity index (χ2v) is 5.77. The van der Waals surface area contributed by atoms with Crippen molar-refractivity contribution in [2.24, 2.45) is 0 Å². The Kier molecular flexibility index (Phi) is 6.31. The number of piperidine rings is 1. The summed E-state index contributed by atoms with van der Waals surface area (Å²) in [6, 6.07) is 4.90. The number of pyridine rings is 1. The van der Waals surface area contributed by atoms with Gasteiger partial charge in [0.25, 0.3) is 0 Å². The maximum Gasteiger partial charge on any atom is 0.130 e. The summed E-state index contributed by atoms with van der Waals surface area (Å²) in [6.45, 7) is 7.97. The van der Waals surface area contributed by atoms with Crippen molar-refractivity contribution in [1.29, 1.82) is 0 Å². The fourth-order valence-corrected chi connectivity index (χ4v) is 3.12. The number of nitrogens with zero attached hydrogens (tertiary/aromatic N) is 2. The molecule has 0 unspecified atom stereocenters. The van der Waals surface area contributed by atoms with E-state index >= 15 is 0 Å². The molecule has 3 heteroatoms. The van der Waals surface area contributed by atoms with Crippen molar-refractivity contribution in [3.63, 3.8) is 0 Å². The summed E-state index contributed by atoms with van der Waals surface area (Å²) in [4.78, 5) is 7.23. The highest BCUT2D eigenvalue weighted by Crippen LogP contribution is 2.34. The molecule has 0 aliphatic carbocycles. The van der Waals surface area contributed by atoms with Gasteiger partial charge in [-0.3, -0.25) is 4.90 Å². The van der Waals surface area contributed by atoms with Gasteiger partial charge in [0.1, 0.15) is 5.82 Å². The average molecular weight is 275 g/mol. The van der Waals surface area contributed by atoms with Crippen molar-refractivity contribution < 1.29 is 0 Å². The molecular weight excluding hydrogens is 246 g/mol. The van der Waals surface area contributed by atoms with Crippen LogP contribution in [0.4, 0.5) is 5.82 Å². The fraction of sp³-hybridized carbons (Fsp3) is 0.706. The standard InChI is InChI=1S/C17H29N3/c1-3-5-11-18-17-15(9-8-12-19-17)16-10-6-7-14-20(16)13-4-2/h8-9,12,16H,3-7,10-11,13-14H2,1-2H3,(H,18,19)/t16-/m0/s1. The SMILES string of the molecule is CCCCNc1ncccc1[C@@H]1CCCCN1CCC. The monoisotopic (exact) mass is 275 g/mol. The molecule has 1 saturated heterocycles. The normalized spacial score (nSPS) is 20.0. The van der Waals surface area contributed by atoms with Crippen LogP contribution in [0.5, 0.6) is 0 Å². The predicted molar refractivity (Wildman–Crippen MR) is 86.1 cm³/mol. The maximum atomic E-state index is 4.58. The summed E-state index contributed by atoms with van der Waals surface area (Å²) in [7, 11) is 0. The highest BCUT2D eigenvalue weighted by molar-refractivity contribution is 5.45. The molecule has 20 heavy (non-hydrogen) atoms. The van der Waals surface area contributed by atoms with Crippen molar-refractivity contribution in [1.82, 2.24) is 9.88 Å². The number of hydrogen-bond acceptors (Lipinski definition) is 3. The Morgan fingerprint density at radius 2 is 2.20 bits per heavy atom. The first-order valence-corrected chi connectivity index (χ1v) is 8.29. The molecule has 1 fully saturated rings. The van der Waals surface area contributed by atoms with Crippen molar-refractivity contribution in [3.05, 3.63) is 23.9 Å². The summed E-state index contributed by atoms with van der Waals surface area (Å²) in [5.41, 5.74) is 1.40. The van der Waals surface area contributed by atoms with Crippen LogP contribution < -0.4 is 5.32 Å². The highest BCUT2D eigenvalue weighted by atomic mass is 15.2. The third-order valence-electron chi connectivity index (χ3n) is 4.15. The number of unbranched alkanes of at least 4 members (excludes halogenated alkanes) is 1. The molecule has 1 N–H and O–H groups in total. The van der Waals surface area contributed by atoms with E-state index in [9.17, 15) is 0 Å². The molecule has 0 aromatic carbocycles. The average Bonchev–Trinajstić information content (AvgIpc) is 2.49. The quantitative estimate of drug-likeness (QED) is 0.755. The first kappa shape index (κ1) is 15.3. The van der Waals surface area contributed by atoms with E-state index in [-0.39, 0.29) is 0 Å². The molecule has 0 radical (unpaired) electrons. The zero-order chi connectivity index (χ0) is 14.2. The van der Waals surface area contributed by atoms with E-state index < -0.39 is 0 Å². The van der Waals surface area contributed by atoms with Gasteiger partial charge in [-0.05, 0) is 44.8 Å². The Labute approximate surface area is 123 Å². The lowest BCUT2D eigenvalue weighted by Gasteiger charge is -2.36. The van der Waals surface area contributed by atoms with E-state index in [1.165, 1.54) is 57.2 Å². The van der Waals surface area contributed by atoms with Crippen molar-refractivity contribution in [2.45, 2.75) is 58.4 Å². The molecule has 0 saturated carbocycles. The number of likely N-dealkylation sites (tertiary alicyclic amines) is 1. The second kappa shape index (κ2) is 8.25. The molecular formula is C17H29N3. The van der Waals surface area contributed by atoms with E-state index in [1.807, 2.05) is 6.20 Å². The van der Waals surface area contributed by atoms with Gasteiger partial charge in [-0.25, -0.2) is 4.98 Å². The van der Waals surface area contributed by atoms with E-state index in [4.69, 9.17) is 0 Å². The van der Waals surface area contributed by atoms with Crippen LogP contribution in [-0.4, -0.2) is 29.5 Å². The first-order valence-electron chi connectivity index (χ1n) is 8.29. The van der Waals surface area contributed by atoms with Gasteiger partial charge in [-0.15, -0.1) is 0 Å². The molecule has 1 aliphatic heterocycles. The van der Waals surface area contributed by atoms with Gasteiger partial charge in [0.2, 0.25) is 0 Å². The van der Waals surface area contributed by atoms with Crippen LogP contribution in [0.15, 0.2) is 18.3 Å². The van der Waals surface area contributed by atoms with Gasteiger partial charge >= 0.3 is 0 Å². The number of hydrogen-bond donors (Lipinski definition) is 1. The number of nitrogens with one attached hydrogen (secondary N) is 1.